The van der Waals surface area contributed by atoms with Crippen LogP contribution < -0.4 is 9.64 Å². The van der Waals surface area contributed by atoms with Crippen molar-refractivity contribution < 1.29 is 14.3 Å². The Hall–Kier alpha value is -2.82. The molecule has 3 aromatic carbocycles. The van der Waals surface area contributed by atoms with Gasteiger partial charge in [-0.1, -0.05) is 60.7 Å². The number of carbonyl (C=O) groups excluding carboxylic acids is 2. The maximum atomic E-state index is 13.9. The molecule has 2 amide bonds. The highest BCUT2D eigenvalue weighted by atomic mass is 35.5. The number of hydrogen-bond acceptors (Lipinski definition) is 3. The first-order valence-electron chi connectivity index (χ1n) is 10.0. The van der Waals surface area contributed by atoms with Gasteiger partial charge in [0, 0.05) is 0 Å². The van der Waals surface area contributed by atoms with Gasteiger partial charge in [-0.05, 0) is 34.4 Å². The molecule has 6 heteroatoms. The van der Waals surface area contributed by atoms with Gasteiger partial charge in [0.05, 0.1) is 24.6 Å². The monoisotopic (exact) mass is 449 g/mol. The lowest BCUT2D eigenvalue weighted by Gasteiger charge is -2.54. The lowest BCUT2D eigenvalue weighted by molar-refractivity contribution is -0.122. The molecule has 0 saturated carbocycles. The second-order valence-corrected chi connectivity index (χ2v) is 9.35. The highest BCUT2D eigenvalue weighted by molar-refractivity contribution is 6.38. The fraction of sp³-hybridized carbons (Fsp3) is 0.200. The van der Waals surface area contributed by atoms with Crippen LogP contribution in [-0.4, -0.2) is 18.9 Å². The summed E-state index contributed by atoms with van der Waals surface area (Å²) in [6, 6.07) is 22.2. The topological polar surface area (TPSA) is 46.6 Å². The first-order chi connectivity index (χ1) is 15.0. The van der Waals surface area contributed by atoms with Crippen molar-refractivity contribution in [3.63, 3.8) is 0 Å². The van der Waals surface area contributed by atoms with E-state index in [0.29, 0.717) is 11.4 Å². The second-order valence-electron chi connectivity index (χ2n) is 8.15. The highest BCUT2D eigenvalue weighted by Crippen LogP contribution is 2.69. The van der Waals surface area contributed by atoms with Gasteiger partial charge in [0.25, 0.3) is 0 Å². The summed E-state index contributed by atoms with van der Waals surface area (Å²) in [6.07, 6.45) is 0. The molecular formula is C25H17Cl2NO3. The third-order valence-electron chi connectivity index (χ3n) is 6.91. The lowest BCUT2D eigenvalue weighted by atomic mass is 9.54. The molecule has 0 aromatic heterocycles. The van der Waals surface area contributed by atoms with E-state index < -0.39 is 21.6 Å². The van der Waals surface area contributed by atoms with E-state index in [1.165, 1.54) is 12.0 Å². The van der Waals surface area contributed by atoms with E-state index in [2.05, 4.69) is 0 Å². The molecule has 1 aliphatic heterocycles. The Morgan fingerprint density at radius 2 is 1.10 bits per heavy atom. The third kappa shape index (κ3) is 2.03. The second kappa shape index (κ2) is 6.12. The number of methoxy groups -OCH3 is 1. The molecule has 154 valence electrons. The van der Waals surface area contributed by atoms with Crippen LogP contribution in [0.1, 0.15) is 22.3 Å². The number of carbonyl (C=O) groups is 2. The Bertz CT molecular complexity index is 1170. The molecule has 3 aliphatic carbocycles. The van der Waals surface area contributed by atoms with Crippen molar-refractivity contribution in [3.05, 3.63) is 95.1 Å². The number of imide groups is 1. The number of ether oxygens (including phenoxy) is 1. The molecule has 4 nitrogen and oxygen atoms in total. The Morgan fingerprint density at radius 3 is 1.52 bits per heavy atom. The van der Waals surface area contributed by atoms with Crippen LogP contribution in [0.3, 0.4) is 0 Å². The number of benzene rings is 3. The van der Waals surface area contributed by atoms with Crippen molar-refractivity contribution in [1.82, 2.24) is 0 Å². The van der Waals surface area contributed by atoms with E-state index in [0.717, 1.165) is 22.3 Å². The number of nitrogens with zero attached hydrogens (tertiary/aromatic N) is 1. The number of para-hydroxylation sites is 2. The van der Waals surface area contributed by atoms with E-state index in [-0.39, 0.29) is 11.8 Å². The molecule has 31 heavy (non-hydrogen) atoms. The number of hydrogen-bond donors (Lipinski definition) is 0. The van der Waals surface area contributed by atoms with Crippen molar-refractivity contribution in [1.29, 1.82) is 0 Å². The molecule has 4 aliphatic rings. The average Bonchev–Trinajstić information content (AvgIpc) is 3.08. The Kier molecular flexibility index (Phi) is 3.73. The minimum absolute atomic E-state index is 0.358. The van der Waals surface area contributed by atoms with Gasteiger partial charge in [-0.25, -0.2) is 4.90 Å². The van der Waals surface area contributed by atoms with Crippen LogP contribution in [0.15, 0.2) is 72.8 Å². The molecule has 2 atom stereocenters. The first-order valence-corrected chi connectivity index (χ1v) is 10.8. The van der Waals surface area contributed by atoms with Gasteiger partial charge in [0.1, 0.15) is 15.5 Å². The Labute approximate surface area is 189 Å². The predicted molar refractivity (Wildman–Crippen MR) is 119 cm³/mol. The molecule has 0 spiro atoms. The number of halogens is 2. The zero-order valence-corrected chi connectivity index (χ0v) is 18.0. The summed E-state index contributed by atoms with van der Waals surface area (Å²) in [7, 11) is 1.51. The van der Waals surface area contributed by atoms with Crippen LogP contribution in [0.4, 0.5) is 5.69 Å². The SMILES string of the molecule is COc1ccccc1N1C(=O)[C@@H]2[C@H](C1=O)C1(Cl)c3ccccc3C2(Cl)c2ccccc21. The van der Waals surface area contributed by atoms with Crippen LogP contribution in [-0.2, 0) is 19.3 Å². The van der Waals surface area contributed by atoms with Crippen LogP contribution in [0.2, 0.25) is 0 Å². The summed E-state index contributed by atoms with van der Waals surface area (Å²) >= 11 is 14.8. The minimum Gasteiger partial charge on any atom is -0.495 e. The fourth-order valence-electron chi connectivity index (χ4n) is 5.72. The number of anilines is 1. The van der Waals surface area contributed by atoms with Gasteiger partial charge in [-0.2, -0.15) is 0 Å². The number of amides is 2. The number of alkyl halides is 2. The van der Waals surface area contributed by atoms with Gasteiger partial charge in [0.2, 0.25) is 11.8 Å². The van der Waals surface area contributed by atoms with E-state index in [1.807, 2.05) is 48.5 Å². The van der Waals surface area contributed by atoms with E-state index in [4.69, 9.17) is 27.9 Å². The number of rotatable bonds is 2. The van der Waals surface area contributed by atoms with Gasteiger partial charge < -0.3 is 4.74 Å². The van der Waals surface area contributed by atoms with Crippen molar-refractivity contribution in [2.24, 2.45) is 11.8 Å². The zero-order valence-electron chi connectivity index (χ0n) is 16.5. The third-order valence-corrected chi connectivity index (χ3v) is 8.20. The Morgan fingerprint density at radius 1 is 0.710 bits per heavy atom. The van der Waals surface area contributed by atoms with Gasteiger partial charge in [-0.15, -0.1) is 23.2 Å². The summed E-state index contributed by atoms with van der Waals surface area (Å²) < 4.78 is 5.44. The van der Waals surface area contributed by atoms with Crippen LogP contribution in [0.5, 0.6) is 5.75 Å². The fourth-order valence-corrected chi connectivity index (χ4v) is 6.82. The quantitative estimate of drug-likeness (QED) is 0.417. The van der Waals surface area contributed by atoms with Gasteiger partial charge in [0.15, 0.2) is 0 Å². The molecule has 2 bridgehead atoms. The van der Waals surface area contributed by atoms with Gasteiger partial charge in [-0.3, -0.25) is 9.59 Å². The zero-order chi connectivity index (χ0) is 21.5. The maximum absolute atomic E-state index is 13.9. The Balaban J connectivity index is 1.66. The predicted octanol–water partition coefficient (Wildman–Crippen LogP) is 4.79. The van der Waals surface area contributed by atoms with Gasteiger partial charge >= 0.3 is 0 Å². The minimum atomic E-state index is -1.18. The molecule has 1 saturated heterocycles. The maximum Gasteiger partial charge on any atom is 0.240 e. The molecule has 0 radical (unpaired) electrons. The highest BCUT2D eigenvalue weighted by Gasteiger charge is 2.73. The summed E-state index contributed by atoms with van der Waals surface area (Å²) in [5, 5.41) is 0. The van der Waals surface area contributed by atoms with E-state index in [9.17, 15) is 9.59 Å². The largest absolute Gasteiger partial charge is 0.495 e. The van der Waals surface area contributed by atoms with Crippen molar-refractivity contribution in [3.8, 4) is 5.75 Å². The smallest absolute Gasteiger partial charge is 0.240 e. The van der Waals surface area contributed by atoms with Crippen molar-refractivity contribution in [2.45, 2.75) is 9.75 Å². The van der Waals surface area contributed by atoms with Crippen molar-refractivity contribution >= 4 is 40.7 Å². The summed E-state index contributed by atoms with van der Waals surface area (Å²) in [5.41, 5.74) is 3.55. The molecule has 7 rings (SSSR count). The van der Waals surface area contributed by atoms with Crippen LogP contribution >= 0.6 is 23.2 Å². The molecule has 1 fully saturated rings. The summed E-state index contributed by atoms with van der Waals surface area (Å²) in [5.74, 6) is -1.92. The average molecular weight is 450 g/mol. The summed E-state index contributed by atoms with van der Waals surface area (Å²) in [6.45, 7) is 0. The normalized spacial score (nSPS) is 30.1. The van der Waals surface area contributed by atoms with E-state index in [1.54, 1.807) is 24.3 Å². The van der Waals surface area contributed by atoms with Crippen LogP contribution in [0, 0.1) is 11.8 Å². The van der Waals surface area contributed by atoms with Crippen molar-refractivity contribution in [2.75, 3.05) is 12.0 Å². The standard InChI is InChI=1S/C25H17Cl2NO3/c1-31-19-13-7-6-12-18(19)28-22(29)20-21(23(28)30)25(27)15-9-3-2-8-14(15)24(20,26)16-10-4-5-11-17(16)25/h2-13,20-21H,1H3/t20-,21+,24?,25?. The molecule has 0 N–H and O–H groups in total. The molecule has 3 aromatic rings. The molecular weight excluding hydrogens is 433 g/mol. The first kappa shape index (κ1) is 18.9. The van der Waals surface area contributed by atoms with Crippen LogP contribution in [0.25, 0.3) is 0 Å². The lowest BCUT2D eigenvalue weighted by Crippen LogP contribution is -2.57. The molecule has 1 heterocycles. The summed E-state index contributed by atoms with van der Waals surface area (Å²) in [4.78, 5) is 26.6. The molecule has 0 unspecified atom stereocenters. The van der Waals surface area contributed by atoms with E-state index >= 15 is 0 Å².